The maximum atomic E-state index is 12.0. The van der Waals surface area contributed by atoms with Gasteiger partial charge in [-0.1, -0.05) is 6.92 Å². The van der Waals surface area contributed by atoms with Gasteiger partial charge in [-0.15, -0.1) is 0 Å². The third-order valence-electron chi connectivity index (χ3n) is 2.60. The first-order valence-electron chi connectivity index (χ1n) is 5.66. The lowest BCUT2D eigenvalue weighted by atomic mass is 10.4. The summed E-state index contributed by atoms with van der Waals surface area (Å²) in [5.41, 5.74) is 0.992. The molecule has 0 fully saturated rings. The fourth-order valence-electron chi connectivity index (χ4n) is 1.78. The minimum atomic E-state index is -0.0394. The molecule has 0 amide bonds. The van der Waals surface area contributed by atoms with Gasteiger partial charge < -0.3 is 9.13 Å². The molecule has 0 saturated heterocycles. The van der Waals surface area contributed by atoms with E-state index in [0.29, 0.717) is 11.0 Å². The van der Waals surface area contributed by atoms with Crippen LogP contribution in [0.3, 0.4) is 0 Å². The number of halogens is 2. The second kappa shape index (κ2) is 5.84. The monoisotopic (exact) mass is 373 g/mol. The van der Waals surface area contributed by atoms with Gasteiger partial charge in [-0.3, -0.25) is 4.79 Å². The first-order valence-corrected chi connectivity index (χ1v) is 7.25. The Morgan fingerprint density at radius 3 is 2.83 bits per heavy atom. The summed E-state index contributed by atoms with van der Waals surface area (Å²) in [5.74, 6) is 0. The Hall–Kier alpha value is -0.880. The molecular weight excluding hydrogens is 362 g/mol. The molecule has 0 spiro atoms. The van der Waals surface area contributed by atoms with E-state index in [0.717, 1.165) is 23.1 Å². The number of rotatable bonds is 4. The Bertz CT molecular complexity index is 604. The van der Waals surface area contributed by atoms with Gasteiger partial charge in [0, 0.05) is 23.4 Å². The standard InChI is InChI=1S/C12H13Br2N3O/c1-2-3-16-8-15-5-10(16)7-17-6-9(13)4-11(14)12(17)18/h4-6,8H,2-3,7H2,1H3. The Morgan fingerprint density at radius 1 is 1.33 bits per heavy atom. The molecule has 6 heteroatoms. The molecule has 0 radical (unpaired) electrons. The minimum Gasteiger partial charge on any atom is -0.333 e. The van der Waals surface area contributed by atoms with E-state index in [1.165, 1.54) is 0 Å². The average Bonchev–Trinajstić information content (AvgIpc) is 2.73. The van der Waals surface area contributed by atoms with Crippen LogP contribution in [0.25, 0.3) is 0 Å². The smallest absolute Gasteiger partial charge is 0.265 e. The SMILES string of the molecule is CCCn1cncc1Cn1cc(Br)cc(Br)c1=O. The molecular formula is C12H13Br2N3O. The zero-order valence-corrected chi connectivity index (χ0v) is 13.1. The number of aryl methyl sites for hydroxylation is 1. The number of aromatic nitrogens is 3. The molecule has 4 nitrogen and oxygen atoms in total. The van der Waals surface area contributed by atoms with Gasteiger partial charge in [0.15, 0.2) is 0 Å². The summed E-state index contributed by atoms with van der Waals surface area (Å²) in [5, 5.41) is 0. The third-order valence-corrected chi connectivity index (χ3v) is 3.61. The molecule has 0 aliphatic carbocycles. The van der Waals surface area contributed by atoms with Crippen molar-refractivity contribution in [1.82, 2.24) is 14.1 Å². The lowest BCUT2D eigenvalue weighted by Gasteiger charge is -2.09. The van der Waals surface area contributed by atoms with Crippen molar-refractivity contribution in [3.63, 3.8) is 0 Å². The van der Waals surface area contributed by atoms with Crippen molar-refractivity contribution in [2.45, 2.75) is 26.4 Å². The van der Waals surface area contributed by atoms with Gasteiger partial charge in [-0.05, 0) is 44.3 Å². The van der Waals surface area contributed by atoms with Gasteiger partial charge in [0.2, 0.25) is 0 Å². The van der Waals surface area contributed by atoms with Crippen LogP contribution in [0, 0.1) is 0 Å². The Morgan fingerprint density at radius 2 is 2.11 bits per heavy atom. The third kappa shape index (κ3) is 2.92. The zero-order chi connectivity index (χ0) is 13.1. The molecule has 0 saturated carbocycles. The van der Waals surface area contributed by atoms with Gasteiger partial charge in [-0.2, -0.15) is 0 Å². The molecule has 0 aliphatic rings. The second-order valence-electron chi connectivity index (χ2n) is 4.02. The molecule has 18 heavy (non-hydrogen) atoms. The lowest BCUT2D eigenvalue weighted by molar-refractivity contribution is 0.615. The van der Waals surface area contributed by atoms with Crippen LogP contribution in [-0.2, 0) is 13.1 Å². The van der Waals surface area contributed by atoms with Gasteiger partial charge in [0.25, 0.3) is 5.56 Å². The minimum absolute atomic E-state index is 0.0394. The topological polar surface area (TPSA) is 39.8 Å². The van der Waals surface area contributed by atoms with E-state index in [9.17, 15) is 4.79 Å². The van der Waals surface area contributed by atoms with Crippen molar-refractivity contribution in [1.29, 1.82) is 0 Å². The molecule has 0 N–H and O–H groups in total. The van der Waals surface area contributed by atoms with Gasteiger partial charge in [0.1, 0.15) is 0 Å². The molecule has 96 valence electrons. The van der Waals surface area contributed by atoms with Crippen molar-refractivity contribution in [2.24, 2.45) is 0 Å². The highest BCUT2D eigenvalue weighted by Gasteiger charge is 2.07. The van der Waals surface area contributed by atoms with Crippen molar-refractivity contribution in [2.75, 3.05) is 0 Å². The van der Waals surface area contributed by atoms with Gasteiger partial charge in [0.05, 0.1) is 23.0 Å². The molecule has 0 aromatic carbocycles. The fraction of sp³-hybridized carbons (Fsp3) is 0.333. The van der Waals surface area contributed by atoms with Gasteiger partial charge in [-0.25, -0.2) is 4.98 Å². The van der Waals surface area contributed by atoms with Crippen LogP contribution < -0.4 is 5.56 Å². The zero-order valence-electron chi connectivity index (χ0n) is 9.94. The van der Waals surface area contributed by atoms with Crippen molar-refractivity contribution in [3.8, 4) is 0 Å². The van der Waals surface area contributed by atoms with E-state index >= 15 is 0 Å². The number of pyridine rings is 1. The number of hydrogen-bond acceptors (Lipinski definition) is 2. The van der Waals surface area contributed by atoms with E-state index in [1.807, 2.05) is 0 Å². The van der Waals surface area contributed by atoms with Gasteiger partial charge >= 0.3 is 0 Å². The molecule has 0 aliphatic heterocycles. The molecule has 2 rings (SSSR count). The summed E-state index contributed by atoms with van der Waals surface area (Å²) in [4.78, 5) is 16.1. The highest BCUT2D eigenvalue weighted by atomic mass is 79.9. The highest BCUT2D eigenvalue weighted by Crippen LogP contribution is 2.13. The maximum absolute atomic E-state index is 12.0. The quantitative estimate of drug-likeness (QED) is 0.825. The number of imidazole rings is 1. The maximum Gasteiger partial charge on any atom is 0.265 e. The molecule has 0 unspecified atom stereocenters. The highest BCUT2D eigenvalue weighted by molar-refractivity contribution is 9.11. The Labute approximate surface area is 122 Å². The van der Waals surface area contributed by atoms with E-state index in [2.05, 4.69) is 48.3 Å². The van der Waals surface area contributed by atoms with Crippen LogP contribution in [-0.4, -0.2) is 14.1 Å². The van der Waals surface area contributed by atoms with E-state index in [1.54, 1.807) is 29.4 Å². The first-order chi connectivity index (χ1) is 8.61. The fourth-order valence-corrected chi connectivity index (χ4v) is 3.04. The lowest BCUT2D eigenvalue weighted by Crippen LogP contribution is -2.22. The average molecular weight is 375 g/mol. The van der Waals surface area contributed by atoms with Crippen LogP contribution in [0.2, 0.25) is 0 Å². The normalized spacial score (nSPS) is 10.8. The van der Waals surface area contributed by atoms with Crippen molar-refractivity contribution < 1.29 is 0 Å². The van der Waals surface area contributed by atoms with Crippen LogP contribution in [0.5, 0.6) is 0 Å². The summed E-state index contributed by atoms with van der Waals surface area (Å²) in [6, 6.07) is 1.75. The van der Waals surface area contributed by atoms with E-state index in [4.69, 9.17) is 0 Å². The molecule has 2 aromatic rings. The largest absolute Gasteiger partial charge is 0.333 e. The number of hydrogen-bond donors (Lipinski definition) is 0. The first kappa shape index (κ1) is 13.5. The predicted molar refractivity (Wildman–Crippen MR) is 77.7 cm³/mol. The van der Waals surface area contributed by atoms with Crippen molar-refractivity contribution in [3.05, 3.63) is 49.8 Å². The summed E-state index contributed by atoms with van der Waals surface area (Å²) in [7, 11) is 0. The van der Waals surface area contributed by atoms with Crippen molar-refractivity contribution >= 4 is 31.9 Å². The molecule has 2 heterocycles. The summed E-state index contributed by atoms with van der Waals surface area (Å²) in [6.45, 7) is 3.56. The van der Waals surface area contributed by atoms with Crippen LogP contribution in [0.4, 0.5) is 0 Å². The number of nitrogens with zero attached hydrogens (tertiary/aromatic N) is 3. The summed E-state index contributed by atoms with van der Waals surface area (Å²) >= 11 is 6.65. The van der Waals surface area contributed by atoms with E-state index in [-0.39, 0.29) is 5.56 Å². The van der Waals surface area contributed by atoms with Crippen LogP contribution in [0.1, 0.15) is 19.0 Å². The summed E-state index contributed by atoms with van der Waals surface area (Å²) < 4.78 is 5.16. The van der Waals surface area contributed by atoms with Crippen LogP contribution >= 0.6 is 31.9 Å². The molecule has 0 atom stereocenters. The predicted octanol–water partition coefficient (Wildman–Crippen LogP) is 3.03. The second-order valence-corrected chi connectivity index (χ2v) is 5.79. The summed E-state index contributed by atoms with van der Waals surface area (Å²) in [6.07, 6.45) is 6.44. The molecule has 2 aromatic heterocycles. The Balaban J connectivity index is 2.34. The van der Waals surface area contributed by atoms with E-state index < -0.39 is 0 Å². The van der Waals surface area contributed by atoms with Crippen LogP contribution in [0.15, 0.2) is 38.5 Å². The molecule has 0 bridgehead atoms. The Kier molecular flexibility index (Phi) is 4.40.